The predicted octanol–water partition coefficient (Wildman–Crippen LogP) is 3.37. The van der Waals surface area contributed by atoms with Crippen LogP contribution in [0.2, 0.25) is 0 Å². The van der Waals surface area contributed by atoms with E-state index in [9.17, 15) is 4.79 Å². The van der Waals surface area contributed by atoms with Gasteiger partial charge in [0.1, 0.15) is 5.58 Å². The molecule has 0 unspecified atom stereocenters. The zero-order valence-electron chi connectivity index (χ0n) is 10.1. The highest BCUT2D eigenvalue weighted by molar-refractivity contribution is 7.20. The van der Waals surface area contributed by atoms with E-state index >= 15 is 0 Å². The van der Waals surface area contributed by atoms with Gasteiger partial charge in [-0.3, -0.25) is 4.79 Å². The van der Waals surface area contributed by atoms with Gasteiger partial charge in [-0.25, -0.2) is 0 Å². The van der Waals surface area contributed by atoms with Crippen LogP contribution in [0.1, 0.15) is 28.9 Å². The molecule has 0 radical (unpaired) electrons. The summed E-state index contributed by atoms with van der Waals surface area (Å²) in [5.41, 5.74) is 0.836. The van der Waals surface area contributed by atoms with Crippen LogP contribution in [0, 0.1) is 11.8 Å². The lowest BCUT2D eigenvalue weighted by molar-refractivity contribution is 0.0785. The SMILES string of the molecule is O=C(c1cc2occc2s1)N1C[C@H]2CCC[C@H]2C1. The van der Waals surface area contributed by atoms with E-state index in [-0.39, 0.29) is 5.91 Å². The van der Waals surface area contributed by atoms with Gasteiger partial charge in [0.2, 0.25) is 0 Å². The molecule has 4 heteroatoms. The minimum Gasteiger partial charge on any atom is -0.463 e. The third-order valence-corrected chi connectivity index (χ3v) is 5.43. The van der Waals surface area contributed by atoms with Gasteiger partial charge in [0.15, 0.2) is 0 Å². The van der Waals surface area contributed by atoms with Crippen LogP contribution in [-0.2, 0) is 0 Å². The highest BCUT2D eigenvalue weighted by atomic mass is 32.1. The fourth-order valence-corrected chi connectivity index (χ4v) is 4.38. The van der Waals surface area contributed by atoms with Crippen LogP contribution in [0.3, 0.4) is 0 Å². The van der Waals surface area contributed by atoms with E-state index in [1.165, 1.54) is 19.3 Å². The van der Waals surface area contributed by atoms with Crippen molar-refractivity contribution in [2.75, 3.05) is 13.1 Å². The maximum absolute atomic E-state index is 12.4. The third-order valence-electron chi connectivity index (χ3n) is 4.36. The second-order valence-corrected chi connectivity index (χ2v) is 6.50. The summed E-state index contributed by atoms with van der Waals surface area (Å²) in [6, 6.07) is 3.81. The largest absolute Gasteiger partial charge is 0.463 e. The van der Waals surface area contributed by atoms with Gasteiger partial charge in [0, 0.05) is 19.2 Å². The Bertz CT molecular complexity index is 559. The van der Waals surface area contributed by atoms with E-state index in [1.807, 2.05) is 17.0 Å². The van der Waals surface area contributed by atoms with Gasteiger partial charge in [-0.2, -0.15) is 0 Å². The fourth-order valence-electron chi connectivity index (χ4n) is 3.43. The van der Waals surface area contributed by atoms with Gasteiger partial charge in [-0.1, -0.05) is 6.42 Å². The smallest absolute Gasteiger partial charge is 0.264 e. The summed E-state index contributed by atoms with van der Waals surface area (Å²) in [5, 5.41) is 0. The molecule has 2 aromatic rings. The number of carbonyl (C=O) groups is 1. The van der Waals surface area contributed by atoms with E-state index in [1.54, 1.807) is 17.6 Å². The summed E-state index contributed by atoms with van der Waals surface area (Å²) in [5.74, 6) is 1.72. The zero-order chi connectivity index (χ0) is 12.1. The van der Waals surface area contributed by atoms with Crippen molar-refractivity contribution in [3.8, 4) is 0 Å². The average molecular weight is 261 g/mol. The molecule has 2 aliphatic rings. The van der Waals surface area contributed by atoms with Crippen LogP contribution in [0.4, 0.5) is 0 Å². The number of rotatable bonds is 1. The molecule has 2 fully saturated rings. The molecule has 2 atom stereocenters. The Labute approximate surface area is 109 Å². The molecule has 3 nitrogen and oxygen atoms in total. The Hall–Kier alpha value is -1.29. The first-order chi connectivity index (χ1) is 8.81. The standard InChI is InChI=1S/C14H15NO2S/c16-14(13-6-11-12(18-13)4-5-17-11)15-7-9-2-1-3-10(9)8-15/h4-6,9-10H,1-3,7-8H2/t9-,10+. The first kappa shape index (κ1) is 10.6. The number of likely N-dealkylation sites (tertiary alicyclic amines) is 1. The molecule has 2 aromatic heterocycles. The summed E-state index contributed by atoms with van der Waals surface area (Å²) >= 11 is 1.54. The Morgan fingerprint density at radius 3 is 2.83 bits per heavy atom. The van der Waals surface area contributed by atoms with Gasteiger partial charge in [0.25, 0.3) is 5.91 Å². The highest BCUT2D eigenvalue weighted by Gasteiger charge is 2.38. The Morgan fingerprint density at radius 2 is 2.11 bits per heavy atom. The van der Waals surface area contributed by atoms with Crippen LogP contribution in [0.15, 0.2) is 22.8 Å². The lowest BCUT2D eigenvalue weighted by Crippen LogP contribution is -2.28. The van der Waals surface area contributed by atoms with E-state index in [4.69, 9.17) is 4.42 Å². The number of fused-ring (bicyclic) bond motifs is 2. The monoisotopic (exact) mass is 261 g/mol. The minimum atomic E-state index is 0.195. The maximum Gasteiger partial charge on any atom is 0.264 e. The number of nitrogens with zero attached hydrogens (tertiary/aromatic N) is 1. The van der Waals surface area contributed by atoms with Gasteiger partial charge in [-0.15, -0.1) is 11.3 Å². The second-order valence-electron chi connectivity index (χ2n) is 5.42. The lowest BCUT2D eigenvalue weighted by atomic mass is 10.0. The third kappa shape index (κ3) is 1.52. The van der Waals surface area contributed by atoms with Crippen molar-refractivity contribution in [2.24, 2.45) is 11.8 Å². The number of hydrogen-bond donors (Lipinski definition) is 0. The minimum absolute atomic E-state index is 0.195. The number of carbonyl (C=O) groups excluding carboxylic acids is 1. The van der Waals surface area contributed by atoms with Crippen molar-refractivity contribution in [1.29, 1.82) is 0 Å². The van der Waals surface area contributed by atoms with Crippen LogP contribution in [0.25, 0.3) is 10.3 Å². The Morgan fingerprint density at radius 1 is 1.33 bits per heavy atom. The van der Waals surface area contributed by atoms with Crippen LogP contribution in [-0.4, -0.2) is 23.9 Å². The molecule has 0 N–H and O–H groups in total. The number of thiophene rings is 1. The Balaban J connectivity index is 1.58. The lowest BCUT2D eigenvalue weighted by Gasteiger charge is -2.15. The molecule has 3 heterocycles. The normalized spacial score (nSPS) is 27.0. The van der Waals surface area contributed by atoms with E-state index in [2.05, 4.69) is 0 Å². The Kier molecular flexibility index (Phi) is 2.27. The molecule has 1 aliphatic carbocycles. The van der Waals surface area contributed by atoms with Gasteiger partial charge < -0.3 is 9.32 Å². The molecule has 0 aromatic carbocycles. The number of amides is 1. The van der Waals surface area contributed by atoms with E-state index in [0.717, 1.165) is 40.1 Å². The van der Waals surface area contributed by atoms with Crippen molar-refractivity contribution in [1.82, 2.24) is 4.90 Å². The van der Waals surface area contributed by atoms with Crippen molar-refractivity contribution in [3.63, 3.8) is 0 Å². The van der Waals surface area contributed by atoms with Crippen LogP contribution in [0.5, 0.6) is 0 Å². The summed E-state index contributed by atoms with van der Waals surface area (Å²) in [7, 11) is 0. The molecule has 0 spiro atoms. The molecule has 4 rings (SSSR count). The maximum atomic E-state index is 12.4. The highest BCUT2D eigenvalue weighted by Crippen LogP contribution is 2.39. The van der Waals surface area contributed by atoms with Crippen LogP contribution >= 0.6 is 11.3 Å². The van der Waals surface area contributed by atoms with Crippen molar-refractivity contribution < 1.29 is 9.21 Å². The average Bonchev–Trinajstić information content (AvgIpc) is 3.06. The summed E-state index contributed by atoms with van der Waals surface area (Å²) < 4.78 is 6.39. The van der Waals surface area contributed by atoms with Gasteiger partial charge in [0.05, 0.1) is 15.8 Å². The molecule has 18 heavy (non-hydrogen) atoms. The molecular formula is C14H15NO2S. The van der Waals surface area contributed by atoms with Crippen LogP contribution < -0.4 is 0 Å². The summed E-state index contributed by atoms with van der Waals surface area (Å²) in [6.45, 7) is 1.92. The first-order valence-corrected chi connectivity index (χ1v) is 7.39. The topological polar surface area (TPSA) is 33.5 Å². The molecule has 1 saturated carbocycles. The molecule has 1 amide bonds. The predicted molar refractivity (Wildman–Crippen MR) is 70.8 cm³/mol. The first-order valence-electron chi connectivity index (χ1n) is 6.57. The van der Waals surface area contributed by atoms with Crippen molar-refractivity contribution >= 4 is 27.5 Å². The number of hydrogen-bond acceptors (Lipinski definition) is 3. The fraction of sp³-hybridized carbons (Fsp3) is 0.500. The zero-order valence-corrected chi connectivity index (χ0v) is 10.9. The van der Waals surface area contributed by atoms with Gasteiger partial charge >= 0.3 is 0 Å². The van der Waals surface area contributed by atoms with Crippen molar-refractivity contribution in [3.05, 3.63) is 23.3 Å². The molecule has 0 bridgehead atoms. The van der Waals surface area contributed by atoms with E-state index in [0.29, 0.717) is 0 Å². The number of furan rings is 1. The molecular weight excluding hydrogens is 246 g/mol. The van der Waals surface area contributed by atoms with Crippen molar-refractivity contribution in [2.45, 2.75) is 19.3 Å². The molecule has 1 aliphatic heterocycles. The molecule has 94 valence electrons. The summed E-state index contributed by atoms with van der Waals surface area (Å²) in [4.78, 5) is 15.3. The molecule has 1 saturated heterocycles. The quantitative estimate of drug-likeness (QED) is 0.788. The van der Waals surface area contributed by atoms with E-state index < -0.39 is 0 Å². The van der Waals surface area contributed by atoms with Gasteiger partial charge in [-0.05, 0) is 30.7 Å². The summed E-state index contributed by atoms with van der Waals surface area (Å²) in [6.07, 6.45) is 5.64. The second kappa shape index (κ2) is 3.85.